The molecule has 0 unspecified atom stereocenters. The highest BCUT2D eigenvalue weighted by Gasteiger charge is 1.96. The zero-order valence-corrected chi connectivity index (χ0v) is 7.16. The summed E-state index contributed by atoms with van der Waals surface area (Å²) in [7, 11) is 0. The van der Waals surface area contributed by atoms with Gasteiger partial charge in [0.2, 0.25) is 0 Å². The molecule has 0 bridgehead atoms. The molecule has 0 fully saturated rings. The number of hydrogen-bond acceptors (Lipinski definition) is 1. The molecule has 0 aliphatic carbocycles. The van der Waals surface area contributed by atoms with Gasteiger partial charge < -0.3 is 0 Å². The van der Waals surface area contributed by atoms with E-state index in [9.17, 15) is 0 Å². The van der Waals surface area contributed by atoms with Gasteiger partial charge in [-0.1, -0.05) is 18.7 Å². The number of hydrogen-bond donors (Lipinski definition) is 0. The van der Waals surface area contributed by atoms with E-state index in [-0.39, 0.29) is 0 Å². The average Bonchev–Trinajstić information content (AvgIpc) is 2.15. The molecule has 0 saturated heterocycles. The minimum absolute atomic E-state index is 0.945. The number of rotatable bonds is 4. The first-order valence-corrected chi connectivity index (χ1v) is 4.04. The van der Waals surface area contributed by atoms with Gasteiger partial charge in [-0.15, -0.1) is 6.58 Å². The molecule has 1 rings (SSSR count). The van der Waals surface area contributed by atoms with Gasteiger partial charge in [0.05, 0.1) is 5.69 Å². The molecule has 0 aromatic carbocycles. The van der Waals surface area contributed by atoms with Gasteiger partial charge in [0.15, 0.2) is 0 Å². The van der Waals surface area contributed by atoms with Crippen LogP contribution in [0.4, 0.5) is 0 Å². The van der Waals surface area contributed by atoms with Crippen molar-refractivity contribution in [2.45, 2.75) is 12.8 Å². The van der Waals surface area contributed by atoms with E-state index in [4.69, 9.17) is 0 Å². The van der Waals surface area contributed by atoms with Gasteiger partial charge in [-0.2, -0.15) is 0 Å². The maximum Gasteiger partial charge on any atom is 0.0655 e. The lowest BCUT2D eigenvalue weighted by molar-refractivity contribution is 1.06. The second kappa shape index (κ2) is 4.50. The lowest BCUT2D eigenvalue weighted by atomic mass is 10.1. The highest BCUT2D eigenvalue weighted by Crippen LogP contribution is 2.14. The maximum atomic E-state index is 4.20. The summed E-state index contributed by atoms with van der Waals surface area (Å²) in [6.07, 6.45) is 5.60. The third-order valence-electron chi connectivity index (χ3n) is 1.68. The Balaban J connectivity index is 2.59. The van der Waals surface area contributed by atoms with Crippen molar-refractivity contribution in [3.8, 4) is 0 Å². The predicted octanol–water partition coefficient (Wildman–Crippen LogP) is 3.06. The fraction of sp³-hybridized carbons (Fsp3) is 0.182. The molecule has 0 aliphatic heterocycles. The zero-order valence-electron chi connectivity index (χ0n) is 7.16. The summed E-state index contributed by atoms with van der Waals surface area (Å²) in [5, 5.41) is 0. The number of aromatic nitrogens is 1. The second-order valence-electron chi connectivity index (χ2n) is 2.65. The summed E-state index contributed by atoms with van der Waals surface area (Å²) in [4.78, 5) is 4.20. The average molecular weight is 159 g/mol. The van der Waals surface area contributed by atoms with Gasteiger partial charge >= 0.3 is 0 Å². The number of pyridine rings is 1. The van der Waals surface area contributed by atoms with Crippen molar-refractivity contribution < 1.29 is 0 Å². The van der Waals surface area contributed by atoms with E-state index in [1.165, 1.54) is 0 Å². The summed E-state index contributed by atoms with van der Waals surface area (Å²) in [6.45, 7) is 7.62. The van der Waals surface area contributed by atoms with Crippen LogP contribution in [0.15, 0.2) is 43.6 Å². The van der Waals surface area contributed by atoms with E-state index < -0.39 is 0 Å². The molecule has 0 aliphatic rings. The van der Waals surface area contributed by atoms with E-state index in [1.807, 2.05) is 24.3 Å². The lowest BCUT2D eigenvalue weighted by Gasteiger charge is -2.01. The molecule has 1 aromatic heterocycles. The SMILES string of the molecule is C=CCCC(=C)c1ccccn1. The van der Waals surface area contributed by atoms with Gasteiger partial charge in [0.25, 0.3) is 0 Å². The molecule has 1 heteroatoms. The van der Waals surface area contributed by atoms with Gasteiger partial charge in [0, 0.05) is 6.20 Å². The molecular formula is C11H13N. The molecule has 1 aromatic rings. The molecule has 62 valence electrons. The van der Waals surface area contributed by atoms with E-state index in [2.05, 4.69) is 18.1 Å². The van der Waals surface area contributed by atoms with E-state index in [1.54, 1.807) is 6.20 Å². The van der Waals surface area contributed by atoms with Crippen molar-refractivity contribution in [1.29, 1.82) is 0 Å². The van der Waals surface area contributed by atoms with Crippen molar-refractivity contribution in [1.82, 2.24) is 4.98 Å². The Morgan fingerprint density at radius 1 is 1.50 bits per heavy atom. The van der Waals surface area contributed by atoms with Crippen LogP contribution in [0.5, 0.6) is 0 Å². The molecule has 0 amide bonds. The molecule has 0 N–H and O–H groups in total. The second-order valence-corrected chi connectivity index (χ2v) is 2.65. The standard InChI is InChI=1S/C11H13N/c1-3-4-7-10(2)11-8-5-6-9-12-11/h3,5-6,8-9H,1-2,4,7H2. The van der Waals surface area contributed by atoms with Crippen LogP contribution >= 0.6 is 0 Å². The summed E-state index contributed by atoms with van der Waals surface area (Å²) in [5.41, 5.74) is 2.06. The first kappa shape index (κ1) is 8.72. The predicted molar refractivity (Wildman–Crippen MR) is 52.7 cm³/mol. The van der Waals surface area contributed by atoms with Gasteiger partial charge in [-0.05, 0) is 30.5 Å². The number of allylic oxidation sites excluding steroid dienone is 2. The Kier molecular flexibility index (Phi) is 3.27. The topological polar surface area (TPSA) is 12.9 Å². The van der Waals surface area contributed by atoms with Gasteiger partial charge in [-0.3, -0.25) is 4.98 Å². The van der Waals surface area contributed by atoms with E-state index in [0.29, 0.717) is 0 Å². The number of nitrogens with zero attached hydrogens (tertiary/aromatic N) is 1. The molecular weight excluding hydrogens is 146 g/mol. The van der Waals surface area contributed by atoms with Gasteiger partial charge in [0.1, 0.15) is 0 Å². The van der Waals surface area contributed by atoms with Crippen LogP contribution in [0.3, 0.4) is 0 Å². The molecule has 0 radical (unpaired) electrons. The van der Waals surface area contributed by atoms with E-state index >= 15 is 0 Å². The van der Waals surface area contributed by atoms with Crippen molar-refractivity contribution in [3.05, 3.63) is 49.3 Å². The van der Waals surface area contributed by atoms with Crippen molar-refractivity contribution in [2.24, 2.45) is 0 Å². The normalized spacial score (nSPS) is 9.33. The fourth-order valence-electron chi connectivity index (χ4n) is 0.976. The summed E-state index contributed by atoms with van der Waals surface area (Å²) in [5.74, 6) is 0. The van der Waals surface area contributed by atoms with Crippen LogP contribution in [0.25, 0.3) is 5.57 Å². The summed E-state index contributed by atoms with van der Waals surface area (Å²) in [6, 6.07) is 5.86. The quantitative estimate of drug-likeness (QED) is 0.615. The van der Waals surface area contributed by atoms with Crippen molar-refractivity contribution in [2.75, 3.05) is 0 Å². The van der Waals surface area contributed by atoms with Crippen LogP contribution in [0, 0.1) is 0 Å². The third kappa shape index (κ3) is 2.35. The van der Waals surface area contributed by atoms with Crippen molar-refractivity contribution in [3.63, 3.8) is 0 Å². The lowest BCUT2D eigenvalue weighted by Crippen LogP contribution is -1.85. The Morgan fingerprint density at radius 3 is 2.92 bits per heavy atom. The van der Waals surface area contributed by atoms with Crippen LogP contribution in [-0.2, 0) is 0 Å². The van der Waals surface area contributed by atoms with Crippen LogP contribution in [0.2, 0.25) is 0 Å². The van der Waals surface area contributed by atoms with Crippen LogP contribution < -0.4 is 0 Å². The smallest absolute Gasteiger partial charge is 0.0655 e. The third-order valence-corrected chi connectivity index (χ3v) is 1.68. The molecule has 1 nitrogen and oxygen atoms in total. The first-order chi connectivity index (χ1) is 5.84. The highest BCUT2D eigenvalue weighted by molar-refractivity contribution is 5.59. The van der Waals surface area contributed by atoms with Crippen LogP contribution in [0.1, 0.15) is 18.5 Å². The summed E-state index contributed by atoms with van der Waals surface area (Å²) < 4.78 is 0. The highest BCUT2D eigenvalue weighted by atomic mass is 14.7. The maximum absolute atomic E-state index is 4.20. The monoisotopic (exact) mass is 159 g/mol. The van der Waals surface area contributed by atoms with Crippen molar-refractivity contribution >= 4 is 5.57 Å². The van der Waals surface area contributed by atoms with Gasteiger partial charge in [-0.25, -0.2) is 0 Å². The Hall–Kier alpha value is -1.37. The fourth-order valence-corrected chi connectivity index (χ4v) is 0.976. The Bertz CT molecular complexity index is 262. The molecule has 0 spiro atoms. The minimum atomic E-state index is 0.945. The minimum Gasteiger partial charge on any atom is -0.257 e. The van der Waals surface area contributed by atoms with E-state index in [0.717, 1.165) is 24.1 Å². The molecule has 0 atom stereocenters. The summed E-state index contributed by atoms with van der Waals surface area (Å²) >= 11 is 0. The molecule has 12 heavy (non-hydrogen) atoms. The molecule has 1 heterocycles. The zero-order chi connectivity index (χ0) is 8.81. The Morgan fingerprint density at radius 2 is 2.33 bits per heavy atom. The first-order valence-electron chi connectivity index (χ1n) is 4.04. The largest absolute Gasteiger partial charge is 0.257 e. The Labute approximate surface area is 73.5 Å². The van der Waals surface area contributed by atoms with Crippen LogP contribution in [-0.4, -0.2) is 4.98 Å². The molecule has 0 saturated carbocycles.